The number of halogens is 2. The van der Waals surface area contributed by atoms with Crippen molar-refractivity contribution in [3.05, 3.63) is 35.4 Å². The highest BCUT2D eigenvalue weighted by atomic mass is 19.1. The zero-order valence-corrected chi connectivity index (χ0v) is 12.1. The molecule has 3 atom stereocenters. The van der Waals surface area contributed by atoms with Crippen LogP contribution in [-0.4, -0.2) is 17.1 Å². The number of hydrogen-bond acceptors (Lipinski definition) is 2. The minimum Gasteiger partial charge on any atom is -0.392 e. The number of carbonyl (C=O) groups excluding carboxylic acids is 1. The topological polar surface area (TPSA) is 49.3 Å². The van der Waals surface area contributed by atoms with Crippen molar-refractivity contribution in [3.63, 3.8) is 0 Å². The Labute approximate surface area is 123 Å². The Kier molecular flexibility index (Phi) is 5.28. The molecule has 3 nitrogen and oxygen atoms in total. The van der Waals surface area contributed by atoms with Gasteiger partial charge in [0.05, 0.1) is 18.1 Å². The number of aliphatic hydroxyl groups excluding tert-OH is 1. The normalized spacial score (nSPS) is 23.0. The number of carbonyl (C=O) groups is 1. The average Bonchev–Trinajstić information content (AvgIpc) is 2.84. The van der Waals surface area contributed by atoms with Gasteiger partial charge < -0.3 is 10.4 Å². The summed E-state index contributed by atoms with van der Waals surface area (Å²) in [6, 6.07) is 2.90. The lowest BCUT2D eigenvalue weighted by Gasteiger charge is -2.22. The second kappa shape index (κ2) is 6.98. The molecule has 0 radical (unpaired) electrons. The molecule has 1 amide bonds. The second-order valence-electron chi connectivity index (χ2n) is 5.62. The lowest BCUT2D eigenvalue weighted by Crippen LogP contribution is -2.37. The van der Waals surface area contributed by atoms with Gasteiger partial charge in [0.1, 0.15) is 11.6 Å². The summed E-state index contributed by atoms with van der Waals surface area (Å²) in [6.45, 7) is 1.94. The van der Waals surface area contributed by atoms with Crippen LogP contribution in [0.1, 0.15) is 50.6 Å². The molecule has 2 rings (SSSR count). The highest BCUT2D eigenvalue weighted by molar-refractivity contribution is 5.80. The summed E-state index contributed by atoms with van der Waals surface area (Å²) in [5.74, 6) is -1.96. The molecule has 5 heteroatoms. The van der Waals surface area contributed by atoms with Crippen LogP contribution in [0.15, 0.2) is 18.2 Å². The number of nitrogens with one attached hydrogen (secondary N) is 1. The van der Waals surface area contributed by atoms with Crippen LogP contribution in [0.3, 0.4) is 0 Å². The third kappa shape index (κ3) is 3.79. The minimum atomic E-state index is -0.652. The molecular formula is C16H21F2NO2. The molecule has 21 heavy (non-hydrogen) atoms. The fourth-order valence-electron chi connectivity index (χ4n) is 2.90. The SMILES string of the molecule is CCCC(NC(=O)C1CCCC1O)c1ccc(F)cc1F. The van der Waals surface area contributed by atoms with Crippen molar-refractivity contribution < 1.29 is 18.7 Å². The maximum Gasteiger partial charge on any atom is 0.226 e. The van der Waals surface area contributed by atoms with Gasteiger partial charge in [0, 0.05) is 11.6 Å². The fourth-order valence-corrected chi connectivity index (χ4v) is 2.90. The first kappa shape index (κ1) is 15.9. The van der Waals surface area contributed by atoms with Crippen molar-refractivity contribution in [1.29, 1.82) is 0 Å². The summed E-state index contributed by atoms with van der Waals surface area (Å²) in [6.07, 6.45) is 2.80. The molecule has 1 aromatic carbocycles. The van der Waals surface area contributed by atoms with Gasteiger partial charge in [-0.3, -0.25) is 4.79 Å². The fraction of sp³-hybridized carbons (Fsp3) is 0.562. The van der Waals surface area contributed by atoms with Crippen LogP contribution in [0.25, 0.3) is 0 Å². The molecule has 2 N–H and O–H groups in total. The maximum atomic E-state index is 13.9. The summed E-state index contributed by atoms with van der Waals surface area (Å²) in [7, 11) is 0. The number of amides is 1. The standard InChI is InChI=1S/C16H21F2NO2/c1-2-4-14(11-8-7-10(17)9-13(11)18)19-16(21)12-5-3-6-15(12)20/h7-9,12,14-15,20H,2-6H2,1H3,(H,19,21). The van der Waals surface area contributed by atoms with E-state index in [0.29, 0.717) is 24.8 Å². The minimum absolute atomic E-state index is 0.248. The molecule has 0 bridgehead atoms. The zero-order chi connectivity index (χ0) is 15.4. The summed E-state index contributed by atoms with van der Waals surface area (Å²) in [5, 5.41) is 12.6. The summed E-state index contributed by atoms with van der Waals surface area (Å²) in [4.78, 5) is 12.2. The lowest BCUT2D eigenvalue weighted by atomic mass is 9.99. The van der Waals surface area contributed by atoms with Gasteiger partial charge in [-0.15, -0.1) is 0 Å². The average molecular weight is 297 g/mol. The number of aliphatic hydroxyl groups is 1. The highest BCUT2D eigenvalue weighted by Gasteiger charge is 2.32. The van der Waals surface area contributed by atoms with Crippen molar-refractivity contribution in [2.75, 3.05) is 0 Å². The van der Waals surface area contributed by atoms with E-state index in [1.165, 1.54) is 12.1 Å². The summed E-state index contributed by atoms with van der Waals surface area (Å²) >= 11 is 0. The molecule has 116 valence electrons. The summed E-state index contributed by atoms with van der Waals surface area (Å²) < 4.78 is 26.9. The molecule has 0 aliphatic heterocycles. The third-order valence-electron chi connectivity index (χ3n) is 4.05. The Bertz CT molecular complexity index is 507. The van der Waals surface area contributed by atoms with Gasteiger partial charge in [-0.25, -0.2) is 8.78 Å². The summed E-state index contributed by atoms with van der Waals surface area (Å²) in [5.41, 5.74) is 0.291. The van der Waals surface area contributed by atoms with Crippen LogP contribution in [0.5, 0.6) is 0 Å². The Morgan fingerprint density at radius 3 is 2.76 bits per heavy atom. The van der Waals surface area contributed by atoms with Crippen molar-refractivity contribution >= 4 is 5.91 Å². The van der Waals surface area contributed by atoms with Crippen LogP contribution in [0.2, 0.25) is 0 Å². The van der Waals surface area contributed by atoms with Crippen molar-refractivity contribution in [1.82, 2.24) is 5.32 Å². The molecule has 1 aliphatic carbocycles. The van der Waals surface area contributed by atoms with E-state index < -0.39 is 29.7 Å². The molecule has 0 spiro atoms. The number of rotatable bonds is 5. The van der Waals surface area contributed by atoms with Crippen molar-refractivity contribution in [3.8, 4) is 0 Å². The van der Waals surface area contributed by atoms with Gasteiger partial charge in [-0.1, -0.05) is 19.4 Å². The second-order valence-corrected chi connectivity index (χ2v) is 5.62. The van der Waals surface area contributed by atoms with Gasteiger partial charge in [0.15, 0.2) is 0 Å². The molecule has 3 unspecified atom stereocenters. The Morgan fingerprint density at radius 2 is 2.19 bits per heavy atom. The molecule has 1 aliphatic rings. The van der Waals surface area contributed by atoms with E-state index in [4.69, 9.17) is 0 Å². The van der Waals surface area contributed by atoms with E-state index >= 15 is 0 Å². The highest BCUT2D eigenvalue weighted by Crippen LogP contribution is 2.28. The van der Waals surface area contributed by atoms with Gasteiger partial charge >= 0.3 is 0 Å². The maximum absolute atomic E-state index is 13.9. The monoisotopic (exact) mass is 297 g/mol. The van der Waals surface area contributed by atoms with E-state index in [-0.39, 0.29) is 5.91 Å². The lowest BCUT2D eigenvalue weighted by molar-refractivity contribution is -0.128. The number of benzene rings is 1. The molecule has 0 aromatic heterocycles. The predicted octanol–water partition coefficient (Wildman–Crippen LogP) is 3.08. The van der Waals surface area contributed by atoms with Crippen LogP contribution in [0.4, 0.5) is 8.78 Å². The van der Waals surface area contributed by atoms with E-state index in [1.54, 1.807) is 0 Å². The largest absolute Gasteiger partial charge is 0.392 e. The Balaban J connectivity index is 2.13. The van der Waals surface area contributed by atoms with Crippen LogP contribution < -0.4 is 5.32 Å². The Hall–Kier alpha value is -1.49. The third-order valence-corrected chi connectivity index (χ3v) is 4.05. The first-order chi connectivity index (χ1) is 10.0. The molecule has 1 fully saturated rings. The first-order valence-corrected chi connectivity index (χ1v) is 7.46. The van der Waals surface area contributed by atoms with Gasteiger partial charge in [0.2, 0.25) is 5.91 Å². The van der Waals surface area contributed by atoms with Crippen molar-refractivity contribution in [2.45, 2.75) is 51.2 Å². The van der Waals surface area contributed by atoms with Crippen molar-refractivity contribution in [2.24, 2.45) is 5.92 Å². The van der Waals surface area contributed by atoms with Gasteiger partial charge in [-0.05, 0) is 31.7 Å². The van der Waals surface area contributed by atoms with E-state index in [1.807, 2.05) is 6.92 Å². The van der Waals surface area contributed by atoms with E-state index in [9.17, 15) is 18.7 Å². The molecule has 1 saturated carbocycles. The van der Waals surface area contributed by atoms with E-state index in [2.05, 4.69) is 5.32 Å². The number of hydrogen-bond donors (Lipinski definition) is 2. The van der Waals surface area contributed by atoms with Crippen LogP contribution in [0, 0.1) is 17.6 Å². The Morgan fingerprint density at radius 1 is 1.43 bits per heavy atom. The van der Waals surface area contributed by atoms with Gasteiger partial charge in [-0.2, -0.15) is 0 Å². The van der Waals surface area contributed by atoms with Crippen LogP contribution >= 0.6 is 0 Å². The zero-order valence-electron chi connectivity index (χ0n) is 12.1. The predicted molar refractivity (Wildman–Crippen MR) is 75.5 cm³/mol. The van der Waals surface area contributed by atoms with Crippen LogP contribution in [-0.2, 0) is 4.79 Å². The first-order valence-electron chi connectivity index (χ1n) is 7.46. The molecule has 0 saturated heterocycles. The van der Waals surface area contributed by atoms with Gasteiger partial charge in [0.25, 0.3) is 0 Å². The molecule has 1 aromatic rings. The molecule has 0 heterocycles. The smallest absolute Gasteiger partial charge is 0.226 e. The molecular weight excluding hydrogens is 276 g/mol. The van der Waals surface area contributed by atoms with E-state index in [0.717, 1.165) is 18.9 Å². The quantitative estimate of drug-likeness (QED) is 0.877.